The number of fused-ring (bicyclic) bond motifs is 2. The van der Waals surface area contributed by atoms with E-state index in [1.807, 2.05) is 24.4 Å². The van der Waals surface area contributed by atoms with Crippen LogP contribution in [0.15, 0.2) is 24.4 Å². The Bertz CT molecular complexity index is 653. The number of piperidine rings is 1. The van der Waals surface area contributed by atoms with Crippen molar-refractivity contribution in [3.8, 4) is 11.5 Å². The third-order valence-corrected chi connectivity index (χ3v) is 4.27. The molecule has 2 aliphatic heterocycles. The van der Waals surface area contributed by atoms with E-state index in [2.05, 4.69) is 15.6 Å². The monoisotopic (exact) mass is 285 g/mol. The summed E-state index contributed by atoms with van der Waals surface area (Å²) in [6, 6.07) is 6.05. The molecule has 3 heterocycles. The van der Waals surface area contributed by atoms with E-state index < -0.39 is 0 Å². The van der Waals surface area contributed by atoms with E-state index in [4.69, 9.17) is 9.47 Å². The van der Waals surface area contributed by atoms with E-state index in [-0.39, 0.29) is 0 Å². The van der Waals surface area contributed by atoms with Crippen LogP contribution in [0.5, 0.6) is 11.5 Å². The Kier molecular flexibility index (Phi) is 3.27. The maximum absolute atomic E-state index is 5.47. The molecule has 1 aromatic heterocycles. The molecule has 0 radical (unpaired) electrons. The molecule has 0 aliphatic carbocycles. The summed E-state index contributed by atoms with van der Waals surface area (Å²) in [7, 11) is 0. The Morgan fingerprint density at radius 2 is 2.00 bits per heavy atom. The van der Waals surface area contributed by atoms with E-state index in [0.717, 1.165) is 53.6 Å². The minimum absolute atomic E-state index is 0.302. The molecule has 110 valence electrons. The molecular weight excluding hydrogens is 266 g/mol. The van der Waals surface area contributed by atoms with Crippen LogP contribution < -0.4 is 20.1 Å². The smallest absolute Gasteiger partial charge is 0.231 e. The fraction of sp³-hybridized carbons (Fsp3) is 0.438. The summed E-state index contributed by atoms with van der Waals surface area (Å²) in [5, 5.41) is 9.13. The van der Waals surface area contributed by atoms with Gasteiger partial charge in [-0.05, 0) is 55.4 Å². The van der Waals surface area contributed by atoms with E-state index >= 15 is 0 Å². The van der Waals surface area contributed by atoms with Crippen molar-refractivity contribution in [2.45, 2.75) is 12.8 Å². The lowest BCUT2D eigenvalue weighted by molar-refractivity contribution is 0.174. The van der Waals surface area contributed by atoms with Crippen LogP contribution in [0.3, 0.4) is 0 Å². The minimum Gasteiger partial charge on any atom is -0.454 e. The molecule has 1 aromatic carbocycles. The van der Waals surface area contributed by atoms with Gasteiger partial charge in [0.2, 0.25) is 6.79 Å². The van der Waals surface area contributed by atoms with Crippen molar-refractivity contribution in [1.82, 2.24) is 10.3 Å². The Morgan fingerprint density at radius 1 is 1.19 bits per heavy atom. The Labute approximate surface area is 123 Å². The molecular formula is C16H19N3O2. The number of hydrogen-bond acceptors (Lipinski definition) is 5. The van der Waals surface area contributed by atoms with Crippen molar-refractivity contribution in [1.29, 1.82) is 0 Å². The zero-order valence-electron chi connectivity index (χ0n) is 11.9. The van der Waals surface area contributed by atoms with Gasteiger partial charge in [-0.15, -0.1) is 0 Å². The van der Waals surface area contributed by atoms with Gasteiger partial charge in [-0.2, -0.15) is 0 Å². The third kappa shape index (κ3) is 2.49. The van der Waals surface area contributed by atoms with Gasteiger partial charge in [-0.1, -0.05) is 0 Å². The molecule has 1 fully saturated rings. The second kappa shape index (κ2) is 5.41. The van der Waals surface area contributed by atoms with Gasteiger partial charge in [0.05, 0.1) is 0 Å². The molecule has 0 atom stereocenters. The number of rotatable bonds is 3. The zero-order chi connectivity index (χ0) is 14.1. The molecule has 0 spiro atoms. The molecule has 1 saturated heterocycles. The van der Waals surface area contributed by atoms with Crippen LogP contribution in [0.1, 0.15) is 12.8 Å². The lowest BCUT2D eigenvalue weighted by Crippen LogP contribution is -2.31. The van der Waals surface area contributed by atoms with Crippen LogP contribution in [0, 0.1) is 5.92 Å². The largest absolute Gasteiger partial charge is 0.454 e. The van der Waals surface area contributed by atoms with E-state index in [1.54, 1.807) is 0 Å². The first-order chi connectivity index (χ1) is 10.4. The number of nitrogens with zero attached hydrogens (tertiary/aromatic N) is 1. The molecule has 2 aromatic rings. The summed E-state index contributed by atoms with van der Waals surface area (Å²) >= 11 is 0. The van der Waals surface area contributed by atoms with Crippen molar-refractivity contribution in [2.75, 3.05) is 31.7 Å². The molecule has 0 amide bonds. The summed E-state index contributed by atoms with van der Waals surface area (Å²) in [4.78, 5) is 4.49. The molecule has 2 aliphatic rings. The van der Waals surface area contributed by atoms with E-state index in [9.17, 15) is 0 Å². The van der Waals surface area contributed by atoms with E-state index in [1.165, 1.54) is 12.8 Å². The molecule has 21 heavy (non-hydrogen) atoms. The van der Waals surface area contributed by atoms with Gasteiger partial charge in [0.15, 0.2) is 11.5 Å². The molecule has 2 N–H and O–H groups in total. The highest BCUT2D eigenvalue weighted by Gasteiger charge is 2.17. The number of benzene rings is 1. The molecule has 5 nitrogen and oxygen atoms in total. The Hall–Kier alpha value is -2.01. The highest BCUT2D eigenvalue weighted by atomic mass is 16.7. The molecule has 5 heteroatoms. The normalized spacial score (nSPS) is 18.1. The fourth-order valence-corrected chi connectivity index (χ4v) is 3.03. The summed E-state index contributed by atoms with van der Waals surface area (Å²) in [6.45, 7) is 3.52. The fourth-order valence-electron chi connectivity index (χ4n) is 3.03. The van der Waals surface area contributed by atoms with Crippen molar-refractivity contribution in [2.24, 2.45) is 5.92 Å². The van der Waals surface area contributed by atoms with Crippen LogP contribution in [-0.2, 0) is 0 Å². The highest BCUT2D eigenvalue weighted by molar-refractivity contribution is 5.94. The number of anilines is 1. The Morgan fingerprint density at radius 3 is 2.86 bits per heavy atom. The molecule has 0 saturated carbocycles. The first kappa shape index (κ1) is 12.7. The predicted octanol–water partition coefficient (Wildman–Crippen LogP) is 2.38. The van der Waals surface area contributed by atoms with Gasteiger partial charge in [0.25, 0.3) is 0 Å². The standard InChI is InChI=1S/C16H19N3O2/c1-4-17-5-2-11(1)9-19-16-13-8-15-14(20-10-21-15)7-12(13)3-6-18-16/h3,6-8,11,17H,1-2,4-5,9-10H2,(H,18,19). The maximum Gasteiger partial charge on any atom is 0.231 e. The highest BCUT2D eigenvalue weighted by Crippen LogP contribution is 2.37. The summed E-state index contributed by atoms with van der Waals surface area (Å²) in [5.74, 6) is 3.28. The van der Waals surface area contributed by atoms with Crippen LogP contribution in [0.2, 0.25) is 0 Å². The topological polar surface area (TPSA) is 55.4 Å². The average Bonchev–Trinajstić information content (AvgIpc) is 2.99. The van der Waals surface area contributed by atoms with E-state index in [0.29, 0.717) is 6.79 Å². The second-order valence-electron chi connectivity index (χ2n) is 5.66. The van der Waals surface area contributed by atoms with Crippen molar-refractivity contribution in [3.05, 3.63) is 24.4 Å². The number of hydrogen-bond donors (Lipinski definition) is 2. The van der Waals surface area contributed by atoms with Crippen LogP contribution in [0.4, 0.5) is 5.82 Å². The van der Waals surface area contributed by atoms with Crippen LogP contribution in [0.25, 0.3) is 10.8 Å². The third-order valence-electron chi connectivity index (χ3n) is 4.27. The molecule has 4 rings (SSSR count). The maximum atomic E-state index is 5.47. The summed E-state index contributed by atoms with van der Waals surface area (Å²) < 4.78 is 10.9. The first-order valence-electron chi connectivity index (χ1n) is 7.53. The first-order valence-corrected chi connectivity index (χ1v) is 7.53. The van der Waals surface area contributed by atoms with Crippen molar-refractivity contribution >= 4 is 16.6 Å². The SMILES string of the molecule is c1cc2cc3c(cc2c(NCC2CCNCC2)n1)OCO3. The lowest BCUT2D eigenvalue weighted by Gasteiger charge is -2.23. The number of nitrogens with one attached hydrogen (secondary N) is 2. The van der Waals surface area contributed by atoms with Gasteiger partial charge in [-0.25, -0.2) is 4.98 Å². The summed E-state index contributed by atoms with van der Waals surface area (Å²) in [6.07, 6.45) is 4.30. The van der Waals surface area contributed by atoms with Gasteiger partial charge in [0, 0.05) is 18.1 Å². The number of ether oxygens (including phenoxy) is 2. The number of aromatic nitrogens is 1. The van der Waals surface area contributed by atoms with Gasteiger partial charge >= 0.3 is 0 Å². The molecule has 0 unspecified atom stereocenters. The molecule has 0 bridgehead atoms. The van der Waals surface area contributed by atoms with Gasteiger partial charge in [0.1, 0.15) is 5.82 Å². The average molecular weight is 285 g/mol. The zero-order valence-corrected chi connectivity index (χ0v) is 11.9. The Balaban J connectivity index is 1.59. The predicted molar refractivity (Wildman–Crippen MR) is 81.9 cm³/mol. The van der Waals surface area contributed by atoms with Gasteiger partial charge < -0.3 is 20.1 Å². The number of pyridine rings is 1. The lowest BCUT2D eigenvalue weighted by atomic mass is 9.98. The van der Waals surface area contributed by atoms with Crippen LogP contribution >= 0.6 is 0 Å². The van der Waals surface area contributed by atoms with Gasteiger partial charge in [-0.3, -0.25) is 0 Å². The minimum atomic E-state index is 0.302. The summed E-state index contributed by atoms with van der Waals surface area (Å²) in [5.41, 5.74) is 0. The second-order valence-corrected chi connectivity index (χ2v) is 5.66. The van der Waals surface area contributed by atoms with Crippen LogP contribution in [-0.4, -0.2) is 31.4 Å². The van der Waals surface area contributed by atoms with Crippen molar-refractivity contribution < 1.29 is 9.47 Å². The quantitative estimate of drug-likeness (QED) is 0.907. The van der Waals surface area contributed by atoms with Crippen molar-refractivity contribution in [3.63, 3.8) is 0 Å².